The van der Waals surface area contributed by atoms with Gasteiger partial charge in [0.2, 0.25) is 0 Å². The lowest BCUT2D eigenvalue weighted by atomic mass is 9.77. The molecule has 0 heterocycles. The molecular weight excluding hydrogens is 473 g/mol. The van der Waals surface area contributed by atoms with Crippen LogP contribution in [0.2, 0.25) is 5.02 Å². The second-order valence-electron chi connectivity index (χ2n) is 9.13. The smallest absolute Gasteiger partial charge is 0.417 e. The normalized spacial score (nSPS) is 15.9. The number of alkyl halides is 3. The topological polar surface area (TPSA) is 18.5 Å². The fourth-order valence-electron chi connectivity index (χ4n) is 5.55. The summed E-state index contributed by atoms with van der Waals surface area (Å²) < 4.78 is 51.2. The van der Waals surface area contributed by atoms with Gasteiger partial charge in [-0.15, -0.1) is 0 Å². The highest BCUT2D eigenvalue weighted by Crippen LogP contribution is 2.44. The molecule has 5 rings (SSSR count). The molecule has 0 bridgehead atoms. The van der Waals surface area contributed by atoms with Crippen molar-refractivity contribution in [2.24, 2.45) is 0 Å². The zero-order valence-corrected chi connectivity index (χ0v) is 20.4. The lowest BCUT2D eigenvalue weighted by molar-refractivity contribution is -0.137. The van der Waals surface area contributed by atoms with Crippen molar-refractivity contribution in [2.45, 2.75) is 44.2 Å². The first kappa shape index (κ1) is 23.8. The molecule has 0 fully saturated rings. The molecular formula is C29H26ClF3O2. The van der Waals surface area contributed by atoms with E-state index in [1.165, 1.54) is 28.6 Å². The average molecular weight is 499 g/mol. The van der Waals surface area contributed by atoms with Crippen LogP contribution >= 0.6 is 11.6 Å². The minimum atomic E-state index is -4.45. The third kappa shape index (κ3) is 4.31. The Kier molecular flexibility index (Phi) is 6.30. The lowest BCUT2D eigenvalue weighted by Gasteiger charge is -2.28. The molecule has 4 aromatic rings. The number of methoxy groups -OCH3 is 2. The van der Waals surface area contributed by atoms with E-state index in [4.69, 9.17) is 21.1 Å². The summed E-state index contributed by atoms with van der Waals surface area (Å²) in [7, 11) is 3.33. The van der Waals surface area contributed by atoms with E-state index in [2.05, 4.69) is 24.3 Å². The standard InChI is InChI=1S/C29H26ClF3O2/c1-34-26-8-4-7-22-21-13-12-19-18(5-3-6-20(19)23(21)16-27(35-2)28(22)26)11-9-17-10-14-25(30)24(15-17)29(31,32)33/h4,7-8,10,12-16,18H,3,5-6,9,11H2,1-2H3/t18-/m0/s1. The van der Waals surface area contributed by atoms with Crippen LogP contribution in [0.1, 0.15) is 47.4 Å². The summed E-state index contributed by atoms with van der Waals surface area (Å²) >= 11 is 5.80. The predicted molar refractivity (Wildman–Crippen MR) is 135 cm³/mol. The molecule has 0 amide bonds. The van der Waals surface area contributed by atoms with Gasteiger partial charge in [-0.1, -0.05) is 41.9 Å². The van der Waals surface area contributed by atoms with Gasteiger partial charge in [0.25, 0.3) is 0 Å². The monoisotopic (exact) mass is 498 g/mol. The number of hydrogen-bond acceptors (Lipinski definition) is 2. The van der Waals surface area contributed by atoms with Crippen LogP contribution in [-0.2, 0) is 19.0 Å². The summed E-state index contributed by atoms with van der Waals surface area (Å²) in [4.78, 5) is 0. The molecule has 0 saturated carbocycles. The van der Waals surface area contributed by atoms with Gasteiger partial charge < -0.3 is 9.47 Å². The van der Waals surface area contributed by atoms with Crippen molar-refractivity contribution < 1.29 is 22.6 Å². The molecule has 0 spiro atoms. The van der Waals surface area contributed by atoms with Crippen LogP contribution in [0.15, 0.2) is 54.6 Å². The van der Waals surface area contributed by atoms with Crippen molar-refractivity contribution in [3.63, 3.8) is 0 Å². The number of hydrogen-bond donors (Lipinski definition) is 0. The first-order valence-corrected chi connectivity index (χ1v) is 12.1. The van der Waals surface area contributed by atoms with E-state index in [0.29, 0.717) is 17.9 Å². The maximum absolute atomic E-state index is 13.3. The molecule has 0 radical (unpaired) electrons. The van der Waals surface area contributed by atoms with E-state index in [-0.39, 0.29) is 5.02 Å². The minimum absolute atomic E-state index is 0.256. The van der Waals surface area contributed by atoms with E-state index >= 15 is 0 Å². The Morgan fingerprint density at radius 2 is 1.71 bits per heavy atom. The maximum atomic E-state index is 13.3. The van der Waals surface area contributed by atoms with E-state index in [9.17, 15) is 13.2 Å². The summed E-state index contributed by atoms with van der Waals surface area (Å²) in [5, 5.41) is 4.13. The van der Waals surface area contributed by atoms with Crippen molar-refractivity contribution in [1.29, 1.82) is 0 Å². The maximum Gasteiger partial charge on any atom is 0.417 e. The molecule has 182 valence electrons. The molecule has 2 nitrogen and oxygen atoms in total. The first-order chi connectivity index (χ1) is 16.8. The summed E-state index contributed by atoms with van der Waals surface area (Å²) in [5.41, 5.74) is 2.50. The summed E-state index contributed by atoms with van der Waals surface area (Å²) in [6, 6.07) is 16.7. The summed E-state index contributed by atoms with van der Waals surface area (Å²) in [6.45, 7) is 0. The van der Waals surface area contributed by atoms with E-state index in [1.807, 2.05) is 12.1 Å². The number of fused-ring (bicyclic) bond motifs is 5. The minimum Gasteiger partial charge on any atom is -0.496 e. The van der Waals surface area contributed by atoms with Crippen molar-refractivity contribution >= 4 is 33.1 Å². The molecule has 0 N–H and O–H groups in total. The highest BCUT2D eigenvalue weighted by Gasteiger charge is 2.33. The highest BCUT2D eigenvalue weighted by molar-refractivity contribution is 6.31. The average Bonchev–Trinajstić information content (AvgIpc) is 2.86. The predicted octanol–water partition coefficient (Wildman–Crippen LogP) is 8.74. The molecule has 1 aliphatic carbocycles. The fourth-order valence-corrected chi connectivity index (χ4v) is 5.78. The van der Waals surface area contributed by atoms with Crippen molar-refractivity contribution in [2.75, 3.05) is 14.2 Å². The summed E-state index contributed by atoms with van der Waals surface area (Å²) in [5.74, 6) is 1.85. The Bertz CT molecular complexity index is 1410. The number of ether oxygens (including phenoxy) is 2. The van der Waals surface area contributed by atoms with Gasteiger partial charge >= 0.3 is 6.18 Å². The third-order valence-corrected chi connectivity index (χ3v) is 7.54. The van der Waals surface area contributed by atoms with Gasteiger partial charge in [-0.25, -0.2) is 0 Å². The molecule has 4 aromatic carbocycles. The fraction of sp³-hybridized carbons (Fsp3) is 0.310. The Hall–Kier alpha value is -2.92. The van der Waals surface area contributed by atoms with Gasteiger partial charge in [0.15, 0.2) is 0 Å². The number of benzene rings is 4. The molecule has 1 atom stereocenters. The van der Waals surface area contributed by atoms with Crippen LogP contribution in [-0.4, -0.2) is 14.2 Å². The van der Waals surface area contributed by atoms with Crippen LogP contribution in [0.5, 0.6) is 11.5 Å². The molecule has 0 saturated heterocycles. The Labute approximate surface area is 207 Å². The van der Waals surface area contributed by atoms with Gasteiger partial charge in [-0.3, -0.25) is 0 Å². The quantitative estimate of drug-likeness (QED) is 0.256. The van der Waals surface area contributed by atoms with Gasteiger partial charge in [0.1, 0.15) is 11.5 Å². The van der Waals surface area contributed by atoms with Gasteiger partial charge in [-0.2, -0.15) is 13.2 Å². The number of rotatable bonds is 5. The van der Waals surface area contributed by atoms with E-state index in [0.717, 1.165) is 53.3 Å². The van der Waals surface area contributed by atoms with Crippen LogP contribution in [0.4, 0.5) is 13.2 Å². The summed E-state index contributed by atoms with van der Waals surface area (Å²) in [6.07, 6.45) is -0.0496. The molecule has 6 heteroatoms. The zero-order valence-electron chi connectivity index (χ0n) is 19.6. The second-order valence-corrected chi connectivity index (χ2v) is 9.54. The van der Waals surface area contributed by atoms with Crippen LogP contribution in [0, 0.1) is 0 Å². The number of halogens is 4. The van der Waals surface area contributed by atoms with E-state index < -0.39 is 11.7 Å². The first-order valence-electron chi connectivity index (χ1n) is 11.8. The zero-order chi connectivity index (χ0) is 24.7. The van der Waals surface area contributed by atoms with Crippen LogP contribution in [0.3, 0.4) is 0 Å². The van der Waals surface area contributed by atoms with Crippen molar-refractivity contribution in [3.8, 4) is 11.5 Å². The van der Waals surface area contributed by atoms with Gasteiger partial charge in [-0.05, 0) is 95.1 Å². The highest BCUT2D eigenvalue weighted by atomic mass is 35.5. The van der Waals surface area contributed by atoms with Gasteiger partial charge in [0.05, 0.1) is 30.2 Å². The Morgan fingerprint density at radius 1 is 0.914 bits per heavy atom. The van der Waals surface area contributed by atoms with Crippen LogP contribution < -0.4 is 9.47 Å². The largest absolute Gasteiger partial charge is 0.496 e. The van der Waals surface area contributed by atoms with Gasteiger partial charge in [0, 0.05) is 0 Å². The molecule has 0 aromatic heterocycles. The molecule has 1 aliphatic rings. The molecule has 35 heavy (non-hydrogen) atoms. The Morgan fingerprint density at radius 3 is 2.46 bits per heavy atom. The molecule has 0 unspecified atom stereocenters. The number of aryl methyl sites for hydroxylation is 2. The van der Waals surface area contributed by atoms with Crippen molar-refractivity contribution in [1.82, 2.24) is 0 Å². The lowest BCUT2D eigenvalue weighted by Crippen LogP contribution is -2.12. The SMILES string of the molecule is COc1cccc2c1c(OC)cc1c3c(ccc12)[C@H](CCc1ccc(Cl)c(C(F)(F)F)c1)CCC3. The molecule has 0 aliphatic heterocycles. The Balaban J connectivity index is 1.52. The van der Waals surface area contributed by atoms with E-state index in [1.54, 1.807) is 20.3 Å². The second kappa shape index (κ2) is 9.27. The van der Waals surface area contributed by atoms with Crippen LogP contribution in [0.25, 0.3) is 21.5 Å². The van der Waals surface area contributed by atoms with Crippen molar-refractivity contribution in [3.05, 3.63) is 81.9 Å². The third-order valence-electron chi connectivity index (χ3n) is 7.21.